The number of amides is 1. The summed E-state index contributed by atoms with van der Waals surface area (Å²) >= 11 is 0. The summed E-state index contributed by atoms with van der Waals surface area (Å²) in [4.78, 5) is 14.2. The highest BCUT2D eigenvalue weighted by atomic mass is 16.2. The summed E-state index contributed by atoms with van der Waals surface area (Å²) in [6.45, 7) is 9.18. The number of hydrogen-bond donors (Lipinski definition) is 1. The van der Waals surface area contributed by atoms with E-state index in [4.69, 9.17) is 5.73 Å². The fourth-order valence-corrected chi connectivity index (χ4v) is 1.82. The minimum absolute atomic E-state index is 0.135. The Morgan fingerprint density at radius 3 is 2.31 bits per heavy atom. The summed E-state index contributed by atoms with van der Waals surface area (Å²) in [6, 6.07) is -0.0608. The van der Waals surface area contributed by atoms with Crippen LogP contribution in [0.4, 0.5) is 0 Å². The molecule has 1 aliphatic rings. The van der Waals surface area contributed by atoms with Gasteiger partial charge in [-0.15, -0.1) is 0 Å². The highest BCUT2D eigenvalue weighted by Gasteiger charge is 2.31. The van der Waals surface area contributed by atoms with E-state index in [0.717, 1.165) is 18.9 Å². The van der Waals surface area contributed by atoms with Gasteiger partial charge in [0, 0.05) is 12.6 Å². The fourth-order valence-electron chi connectivity index (χ4n) is 1.82. The van der Waals surface area contributed by atoms with Gasteiger partial charge in [0.25, 0.3) is 0 Å². The molecule has 3 heteroatoms. The molecule has 2 atom stereocenters. The normalized spacial score (nSPS) is 19.6. The van der Waals surface area contributed by atoms with Gasteiger partial charge in [0.15, 0.2) is 0 Å². The van der Waals surface area contributed by atoms with E-state index in [-0.39, 0.29) is 23.9 Å². The molecule has 1 unspecified atom stereocenters. The smallest absolute Gasteiger partial charge is 0.239 e. The number of nitrogens with two attached hydrogens (primary N) is 1. The summed E-state index contributed by atoms with van der Waals surface area (Å²) in [6.07, 6.45) is 3.51. The summed E-state index contributed by atoms with van der Waals surface area (Å²) in [5, 5.41) is 0. The van der Waals surface area contributed by atoms with Gasteiger partial charge in [-0.05, 0) is 38.5 Å². The van der Waals surface area contributed by atoms with Gasteiger partial charge in [0.1, 0.15) is 0 Å². The monoisotopic (exact) mass is 226 g/mol. The van der Waals surface area contributed by atoms with Crippen molar-refractivity contribution in [2.24, 2.45) is 17.6 Å². The molecule has 1 amide bonds. The molecule has 94 valence electrons. The maximum Gasteiger partial charge on any atom is 0.239 e. The predicted molar refractivity (Wildman–Crippen MR) is 67.0 cm³/mol. The van der Waals surface area contributed by atoms with Crippen LogP contribution in [-0.4, -0.2) is 29.4 Å². The molecule has 0 aliphatic heterocycles. The molecule has 1 aliphatic carbocycles. The molecule has 0 aromatic rings. The van der Waals surface area contributed by atoms with Crippen molar-refractivity contribution in [2.45, 2.75) is 59.0 Å². The van der Waals surface area contributed by atoms with Crippen molar-refractivity contribution in [2.75, 3.05) is 6.54 Å². The first-order valence-electron chi connectivity index (χ1n) is 6.53. The maximum absolute atomic E-state index is 12.2. The number of nitrogens with zero attached hydrogens (tertiary/aromatic N) is 1. The van der Waals surface area contributed by atoms with Crippen LogP contribution in [0.3, 0.4) is 0 Å². The zero-order valence-corrected chi connectivity index (χ0v) is 11.1. The highest BCUT2D eigenvalue weighted by molar-refractivity contribution is 5.82. The minimum atomic E-state index is -0.328. The fraction of sp³-hybridized carbons (Fsp3) is 0.923. The molecule has 3 nitrogen and oxygen atoms in total. The molecule has 1 saturated carbocycles. The van der Waals surface area contributed by atoms with Crippen LogP contribution >= 0.6 is 0 Å². The van der Waals surface area contributed by atoms with Gasteiger partial charge in [-0.1, -0.05) is 20.3 Å². The average molecular weight is 226 g/mol. The van der Waals surface area contributed by atoms with Crippen LogP contribution in [0.25, 0.3) is 0 Å². The first-order valence-corrected chi connectivity index (χ1v) is 6.53. The summed E-state index contributed by atoms with van der Waals surface area (Å²) in [5.41, 5.74) is 6.01. The van der Waals surface area contributed by atoms with Gasteiger partial charge < -0.3 is 10.6 Å². The van der Waals surface area contributed by atoms with Crippen LogP contribution in [0.1, 0.15) is 47.0 Å². The number of carbonyl (C=O) groups excluding carboxylic acids is 1. The maximum atomic E-state index is 12.2. The number of carbonyl (C=O) groups is 1. The van der Waals surface area contributed by atoms with E-state index in [0.29, 0.717) is 0 Å². The lowest BCUT2D eigenvalue weighted by molar-refractivity contribution is -0.135. The van der Waals surface area contributed by atoms with Crippen LogP contribution in [-0.2, 0) is 4.79 Å². The lowest BCUT2D eigenvalue weighted by atomic mass is 9.98. The molecular weight excluding hydrogens is 200 g/mol. The van der Waals surface area contributed by atoms with Crippen molar-refractivity contribution in [3.05, 3.63) is 0 Å². The average Bonchev–Trinajstić information content (AvgIpc) is 3.06. The van der Waals surface area contributed by atoms with Gasteiger partial charge in [-0.2, -0.15) is 0 Å². The minimum Gasteiger partial charge on any atom is -0.339 e. The van der Waals surface area contributed by atoms with E-state index in [9.17, 15) is 4.79 Å². The number of rotatable bonds is 6. The molecule has 16 heavy (non-hydrogen) atoms. The van der Waals surface area contributed by atoms with Crippen molar-refractivity contribution in [3.63, 3.8) is 0 Å². The summed E-state index contributed by atoms with van der Waals surface area (Å²) < 4.78 is 0. The zero-order chi connectivity index (χ0) is 12.3. The second kappa shape index (κ2) is 5.67. The molecule has 0 aromatic carbocycles. The van der Waals surface area contributed by atoms with Crippen LogP contribution in [0.5, 0.6) is 0 Å². The third-order valence-electron chi connectivity index (χ3n) is 3.60. The molecule has 1 rings (SSSR count). The largest absolute Gasteiger partial charge is 0.339 e. The standard InChI is InChI=1S/C13H26N2O/c1-5-10(4)12(14)13(16)15(9(2)3)8-11-6-7-11/h9-12H,5-8,14H2,1-4H3/t10?,12-/m0/s1. The molecule has 0 heterocycles. The molecule has 0 spiro atoms. The Hall–Kier alpha value is -0.570. The summed E-state index contributed by atoms with van der Waals surface area (Å²) in [5.74, 6) is 1.14. The Kier molecular flexibility index (Phi) is 4.78. The van der Waals surface area contributed by atoms with E-state index >= 15 is 0 Å². The van der Waals surface area contributed by atoms with Crippen molar-refractivity contribution in [1.29, 1.82) is 0 Å². The molecule has 0 aromatic heterocycles. The molecule has 1 fully saturated rings. The van der Waals surface area contributed by atoms with E-state index < -0.39 is 0 Å². The van der Waals surface area contributed by atoms with E-state index in [1.165, 1.54) is 12.8 Å². The van der Waals surface area contributed by atoms with E-state index in [1.54, 1.807) is 0 Å². The Balaban J connectivity index is 2.57. The van der Waals surface area contributed by atoms with E-state index in [1.807, 2.05) is 4.90 Å². The first-order chi connectivity index (χ1) is 7.47. The van der Waals surface area contributed by atoms with E-state index in [2.05, 4.69) is 27.7 Å². The SMILES string of the molecule is CCC(C)[C@H](N)C(=O)N(CC1CC1)C(C)C. The van der Waals surface area contributed by atoms with Gasteiger partial charge in [0.2, 0.25) is 5.91 Å². The quantitative estimate of drug-likeness (QED) is 0.753. The van der Waals surface area contributed by atoms with Crippen LogP contribution in [0.15, 0.2) is 0 Å². The van der Waals surface area contributed by atoms with Gasteiger partial charge in [-0.25, -0.2) is 0 Å². The third kappa shape index (κ3) is 3.48. The number of hydrogen-bond acceptors (Lipinski definition) is 2. The predicted octanol–water partition coefficient (Wildman–Crippen LogP) is 2.01. The Morgan fingerprint density at radius 1 is 1.38 bits per heavy atom. The van der Waals surface area contributed by atoms with Crippen molar-refractivity contribution >= 4 is 5.91 Å². The second-order valence-electron chi connectivity index (χ2n) is 5.44. The van der Waals surface area contributed by atoms with Gasteiger partial charge in [-0.3, -0.25) is 4.79 Å². The van der Waals surface area contributed by atoms with Crippen LogP contribution in [0, 0.1) is 11.8 Å². The molecule has 0 saturated heterocycles. The lowest BCUT2D eigenvalue weighted by Gasteiger charge is -2.31. The second-order valence-corrected chi connectivity index (χ2v) is 5.44. The Morgan fingerprint density at radius 2 is 1.94 bits per heavy atom. The van der Waals surface area contributed by atoms with Crippen molar-refractivity contribution < 1.29 is 4.79 Å². The van der Waals surface area contributed by atoms with Crippen LogP contribution in [0.2, 0.25) is 0 Å². The highest BCUT2D eigenvalue weighted by Crippen LogP contribution is 2.30. The van der Waals surface area contributed by atoms with Crippen molar-refractivity contribution in [1.82, 2.24) is 4.90 Å². The van der Waals surface area contributed by atoms with Crippen molar-refractivity contribution in [3.8, 4) is 0 Å². The van der Waals surface area contributed by atoms with Crippen LogP contribution < -0.4 is 5.73 Å². The van der Waals surface area contributed by atoms with Gasteiger partial charge in [0.05, 0.1) is 6.04 Å². The third-order valence-corrected chi connectivity index (χ3v) is 3.60. The molecule has 0 radical (unpaired) electrons. The zero-order valence-electron chi connectivity index (χ0n) is 11.1. The first kappa shape index (κ1) is 13.5. The lowest BCUT2D eigenvalue weighted by Crippen LogP contribution is -2.50. The Bertz CT molecular complexity index is 236. The molecular formula is C13H26N2O. The topological polar surface area (TPSA) is 46.3 Å². The molecule has 2 N–H and O–H groups in total. The summed E-state index contributed by atoms with van der Waals surface area (Å²) in [7, 11) is 0. The Labute approximate surface area is 99.4 Å². The van der Waals surface area contributed by atoms with Gasteiger partial charge >= 0.3 is 0 Å². The molecule has 0 bridgehead atoms.